The van der Waals surface area contributed by atoms with Crippen molar-refractivity contribution in [2.24, 2.45) is 5.92 Å². The minimum absolute atomic E-state index is 0.114. The number of nitrogens with one attached hydrogen (secondary N) is 2. The highest BCUT2D eigenvalue weighted by Crippen LogP contribution is 2.31. The van der Waals surface area contributed by atoms with E-state index >= 15 is 0 Å². The highest BCUT2D eigenvalue weighted by molar-refractivity contribution is 5.85. The van der Waals surface area contributed by atoms with E-state index in [1.165, 1.54) is 19.1 Å². The third kappa shape index (κ3) is 4.66. The average molecular weight is 411 g/mol. The normalized spacial score (nSPS) is 17.2. The van der Waals surface area contributed by atoms with Crippen LogP contribution >= 0.6 is 0 Å². The molecular formula is C18H20F3N5O3. The predicted octanol–water partition coefficient (Wildman–Crippen LogP) is 1.46. The molecule has 0 unspecified atom stereocenters. The Labute approximate surface area is 164 Å². The van der Waals surface area contributed by atoms with E-state index in [4.69, 9.17) is 0 Å². The maximum absolute atomic E-state index is 13.3. The van der Waals surface area contributed by atoms with Gasteiger partial charge in [-0.1, -0.05) is 12.1 Å². The van der Waals surface area contributed by atoms with E-state index in [-0.39, 0.29) is 23.5 Å². The first-order valence-electron chi connectivity index (χ1n) is 9.03. The van der Waals surface area contributed by atoms with Crippen LogP contribution in [0.4, 0.5) is 13.2 Å². The number of para-hydroxylation sites is 2. The average Bonchev–Trinajstić information content (AvgIpc) is 3.05. The first kappa shape index (κ1) is 20.6. The van der Waals surface area contributed by atoms with E-state index in [9.17, 15) is 27.6 Å². The minimum Gasteiger partial charge on any atom is -0.342 e. The Bertz CT molecular complexity index is 940. The van der Waals surface area contributed by atoms with E-state index in [1.54, 1.807) is 17.0 Å². The second-order valence-electron chi connectivity index (χ2n) is 6.85. The number of likely N-dealkylation sites (tertiary alicyclic amines) is 1. The van der Waals surface area contributed by atoms with Crippen LogP contribution < -0.4 is 10.9 Å². The fraction of sp³-hybridized carbons (Fsp3) is 0.444. The Balaban J connectivity index is 1.65. The summed E-state index contributed by atoms with van der Waals surface area (Å²) in [4.78, 5) is 41.0. The molecule has 0 bridgehead atoms. The van der Waals surface area contributed by atoms with E-state index in [2.05, 4.69) is 15.8 Å². The zero-order valence-electron chi connectivity index (χ0n) is 15.6. The summed E-state index contributed by atoms with van der Waals surface area (Å²) in [5.74, 6) is -3.14. The molecule has 0 saturated carbocycles. The lowest BCUT2D eigenvalue weighted by molar-refractivity contribution is -0.147. The fourth-order valence-electron chi connectivity index (χ4n) is 3.35. The van der Waals surface area contributed by atoms with Gasteiger partial charge in [-0.15, -0.1) is 0 Å². The van der Waals surface area contributed by atoms with Crippen molar-refractivity contribution in [3.8, 4) is 0 Å². The lowest BCUT2D eigenvalue weighted by atomic mass is 9.97. The molecule has 29 heavy (non-hydrogen) atoms. The summed E-state index contributed by atoms with van der Waals surface area (Å²) < 4.78 is 40.6. The summed E-state index contributed by atoms with van der Waals surface area (Å²) in [5.41, 5.74) is 4.66. The number of rotatable bonds is 3. The lowest BCUT2D eigenvalue weighted by Gasteiger charge is -2.31. The van der Waals surface area contributed by atoms with Gasteiger partial charge in [0.1, 0.15) is 6.54 Å². The molecule has 2 N–H and O–H groups in total. The highest BCUT2D eigenvalue weighted by Gasteiger charge is 2.38. The molecule has 1 aromatic heterocycles. The number of imidazole rings is 1. The number of piperidine rings is 1. The second kappa shape index (κ2) is 8.10. The number of halogens is 3. The van der Waals surface area contributed by atoms with Crippen molar-refractivity contribution < 1.29 is 27.6 Å². The number of carbonyl (C=O) groups is 3. The molecule has 1 atom stereocenters. The van der Waals surface area contributed by atoms with Gasteiger partial charge in [0.2, 0.25) is 17.6 Å². The first-order chi connectivity index (χ1) is 13.7. The quantitative estimate of drug-likeness (QED) is 0.748. The minimum atomic E-state index is -4.74. The van der Waals surface area contributed by atoms with Crippen LogP contribution in [0.25, 0.3) is 11.0 Å². The number of amides is 3. The molecule has 1 fully saturated rings. The van der Waals surface area contributed by atoms with E-state index in [0.717, 1.165) is 4.57 Å². The Kier molecular flexibility index (Phi) is 5.76. The van der Waals surface area contributed by atoms with Gasteiger partial charge >= 0.3 is 6.18 Å². The lowest BCUT2D eigenvalue weighted by Crippen LogP contribution is -2.50. The fourth-order valence-corrected chi connectivity index (χ4v) is 3.35. The zero-order valence-corrected chi connectivity index (χ0v) is 15.6. The van der Waals surface area contributed by atoms with Gasteiger partial charge < -0.3 is 9.47 Å². The molecule has 1 saturated heterocycles. The van der Waals surface area contributed by atoms with E-state index in [0.29, 0.717) is 19.4 Å². The number of hydrazine groups is 1. The first-order valence-corrected chi connectivity index (χ1v) is 9.03. The summed E-state index contributed by atoms with van der Waals surface area (Å²) in [7, 11) is 0. The van der Waals surface area contributed by atoms with Gasteiger partial charge in [0, 0.05) is 20.0 Å². The Hall–Kier alpha value is -3.11. The summed E-state index contributed by atoms with van der Waals surface area (Å²) in [6.45, 7) is 1.55. The van der Waals surface area contributed by atoms with Gasteiger partial charge in [-0.2, -0.15) is 13.2 Å². The van der Waals surface area contributed by atoms with Crippen LogP contribution in [0.5, 0.6) is 0 Å². The van der Waals surface area contributed by atoms with Crippen LogP contribution in [0.2, 0.25) is 0 Å². The maximum Gasteiger partial charge on any atom is 0.449 e. The van der Waals surface area contributed by atoms with Crippen LogP contribution in [-0.2, 0) is 27.1 Å². The van der Waals surface area contributed by atoms with E-state index < -0.39 is 36.3 Å². The van der Waals surface area contributed by atoms with Crippen LogP contribution in [0, 0.1) is 5.92 Å². The standard InChI is InChI=1S/C18H20F3N5O3/c1-11(27)25-8-4-5-12(9-25)16(29)24-23-15(28)10-26-14-7-3-2-6-13(14)22-17(26)18(19,20)21/h2-3,6-7,12H,4-5,8-10H2,1H3,(H,23,28)(H,24,29)/t12-/m0/s1. The SMILES string of the molecule is CC(=O)N1CCC[C@H](C(=O)NNC(=O)Cn2c(C(F)(F)F)nc3ccccc32)C1. The van der Waals surface area contributed by atoms with Crippen molar-refractivity contribution >= 4 is 28.8 Å². The molecule has 2 aromatic rings. The summed E-state index contributed by atoms with van der Waals surface area (Å²) in [6.07, 6.45) is -3.53. The maximum atomic E-state index is 13.3. The Morgan fingerprint density at radius 2 is 1.93 bits per heavy atom. The van der Waals surface area contributed by atoms with Gasteiger partial charge in [0.15, 0.2) is 0 Å². The number of alkyl halides is 3. The van der Waals surface area contributed by atoms with Crippen LogP contribution in [-0.4, -0.2) is 45.3 Å². The summed E-state index contributed by atoms with van der Waals surface area (Å²) in [5, 5.41) is 0. The predicted molar refractivity (Wildman–Crippen MR) is 96.0 cm³/mol. The van der Waals surface area contributed by atoms with Crippen molar-refractivity contribution in [1.29, 1.82) is 0 Å². The largest absolute Gasteiger partial charge is 0.449 e. The molecule has 0 radical (unpaired) electrons. The molecule has 8 nitrogen and oxygen atoms in total. The Morgan fingerprint density at radius 1 is 1.21 bits per heavy atom. The zero-order chi connectivity index (χ0) is 21.2. The molecule has 11 heteroatoms. The van der Waals surface area contributed by atoms with Crippen molar-refractivity contribution in [1.82, 2.24) is 25.3 Å². The molecule has 3 amide bonds. The summed E-state index contributed by atoms with van der Waals surface area (Å²) >= 11 is 0. The van der Waals surface area contributed by atoms with Crippen molar-refractivity contribution in [2.45, 2.75) is 32.5 Å². The van der Waals surface area contributed by atoms with Gasteiger partial charge in [-0.05, 0) is 25.0 Å². The second-order valence-corrected chi connectivity index (χ2v) is 6.85. The number of hydrogen-bond donors (Lipinski definition) is 2. The van der Waals surface area contributed by atoms with Crippen LogP contribution in [0.1, 0.15) is 25.6 Å². The summed E-state index contributed by atoms with van der Waals surface area (Å²) in [6, 6.07) is 5.95. The van der Waals surface area contributed by atoms with Crippen LogP contribution in [0.15, 0.2) is 24.3 Å². The van der Waals surface area contributed by atoms with Gasteiger partial charge in [0.25, 0.3) is 5.91 Å². The molecule has 2 heterocycles. The highest BCUT2D eigenvalue weighted by atomic mass is 19.4. The molecule has 1 aliphatic heterocycles. The number of aromatic nitrogens is 2. The molecule has 156 valence electrons. The van der Waals surface area contributed by atoms with Crippen molar-refractivity contribution in [3.63, 3.8) is 0 Å². The monoisotopic (exact) mass is 411 g/mol. The topological polar surface area (TPSA) is 96.3 Å². The third-order valence-electron chi connectivity index (χ3n) is 4.77. The molecular weight excluding hydrogens is 391 g/mol. The van der Waals surface area contributed by atoms with Gasteiger partial charge in [0.05, 0.1) is 17.0 Å². The van der Waals surface area contributed by atoms with Gasteiger partial charge in [-0.25, -0.2) is 4.98 Å². The third-order valence-corrected chi connectivity index (χ3v) is 4.77. The van der Waals surface area contributed by atoms with E-state index in [1.807, 2.05) is 0 Å². The Morgan fingerprint density at radius 3 is 2.62 bits per heavy atom. The van der Waals surface area contributed by atoms with Crippen molar-refractivity contribution in [3.05, 3.63) is 30.1 Å². The number of benzene rings is 1. The number of fused-ring (bicyclic) bond motifs is 1. The molecule has 0 aliphatic carbocycles. The van der Waals surface area contributed by atoms with Gasteiger partial charge in [-0.3, -0.25) is 25.2 Å². The number of carbonyl (C=O) groups excluding carboxylic acids is 3. The number of nitrogens with zero attached hydrogens (tertiary/aromatic N) is 3. The number of hydrogen-bond acceptors (Lipinski definition) is 4. The molecule has 1 aromatic carbocycles. The van der Waals surface area contributed by atoms with Crippen molar-refractivity contribution in [2.75, 3.05) is 13.1 Å². The molecule has 1 aliphatic rings. The molecule has 3 rings (SSSR count). The molecule has 0 spiro atoms. The smallest absolute Gasteiger partial charge is 0.342 e. The van der Waals surface area contributed by atoms with Crippen LogP contribution in [0.3, 0.4) is 0 Å².